The van der Waals surface area contributed by atoms with E-state index in [-0.39, 0.29) is 24.3 Å². The molecule has 5 nitrogen and oxygen atoms in total. The van der Waals surface area contributed by atoms with Crippen molar-refractivity contribution >= 4 is 82.1 Å². The molecule has 0 unspecified atom stereocenters. The number of anilines is 1. The highest BCUT2D eigenvalue weighted by molar-refractivity contribution is 6.42. The average Bonchev–Trinajstić information content (AvgIpc) is 2.46. The second kappa shape index (κ2) is 9.20. The molecule has 128 valence electrons. The lowest BCUT2D eigenvalue weighted by molar-refractivity contribution is 1.39. The van der Waals surface area contributed by atoms with Crippen molar-refractivity contribution in [2.75, 3.05) is 5.32 Å². The van der Waals surface area contributed by atoms with Crippen LogP contribution in [0.4, 0.5) is 11.4 Å². The van der Waals surface area contributed by atoms with Gasteiger partial charge in [-0.25, -0.2) is 4.99 Å². The Hall–Kier alpha value is -1.37. The summed E-state index contributed by atoms with van der Waals surface area (Å²) in [6, 6.07) is 9.76. The van der Waals surface area contributed by atoms with E-state index in [1.165, 1.54) is 0 Å². The molecule has 0 aliphatic carbocycles. The van der Waals surface area contributed by atoms with Crippen LogP contribution in [0.5, 0.6) is 0 Å². The Labute approximate surface area is 165 Å². The first kappa shape index (κ1) is 20.7. The molecular weight excluding hydrogens is 415 g/mol. The van der Waals surface area contributed by atoms with Gasteiger partial charge < -0.3 is 16.8 Å². The third-order valence-corrected chi connectivity index (χ3v) is 4.05. The zero-order valence-corrected chi connectivity index (χ0v) is 15.8. The monoisotopic (exact) mass is 425 g/mol. The van der Waals surface area contributed by atoms with Gasteiger partial charge in [-0.1, -0.05) is 46.4 Å². The largest absolute Gasteiger partial charge is 0.369 e. The van der Waals surface area contributed by atoms with Crippen LogP contribution in [0.2, 0.25) is 20.1 Å². The van der Waals surface area contributed by atoms with E-state index in [0.717, 1.165) is 0 Å². The second-order valence-electron chi connectivity index (χ2n) is 4.32. The molecule has 0 amide bonds. The molecule has 0 heterocycles. The molecule has 10 heteroatoms. The summed E-state index contributed by atoms with van der Waals surface area (Å²) in [4.78, 5) is 8.00. The number of hydrogen-bond donors (Lipinski definition) is 3. The normalized spacial score (nSPS) is 11.8. The molecule has 0 saturated carbocycles. The van der Waals surface area contributed by atoms with Crippen molar-refractivity contribution < 1.29 is 0 Å². The maximum absolute atomic E-state index is 5.91. The highest BCUT2D eigenvalue weighted by Gasteiger charge is 2.02. The lowest BCUT2D eigenvalue weighted by atomic mass is 10.3. The lowest BCUT2D eigenvalue weighted by Crippen LogP contribution is -2.26. The van der Waals surface area contributed by atoms with Crippen LogP contribution in [0, 0.1) is 0 Å². The molecule has 24 heavy (non-hydrogen) atoms. The van der Waals surface area contributed by atoms with Gasteiger partial charge in [0.15, 0.2) is 0 Å². The summed E-state index contributed by atoms with van der Waals surface area (Å²) in [7, 11) is 0. The molecule has 2 aromatic rings. The van der Waals surface area contributed by atoms with Crippen LogP contribution in [0.1, 0.15) is 0 Å². The molecule has 0 fully saturated rings. The van der Waals surface area contributed by atoms with Crippen LogP contribution < -0.4 is 16.8 Å². The molecular formula is C14H12Cl5N5. The first-order chi connectivity index (χ1) is 10.8. The third-order valence-electron chi connectivity index (χ3n) is 2.57. The maximum atomic E-state index is 5.91. The molecule has 5 N–H and O–H groups in total. The van der Waals surface area contributed by atoms with Crippen molar-refractivity contribution in [2.45, 2.75) is 0 Å². The topological polar surface area (TPSA) is 88.8 Å². The fraction of sp³-hybridized carbons (Fsp3) is 0. The molecule has 0 bridgehead atoms. The number of benzene rings is 2. The van der Waals surface area contributed by atoms with Crippen molar-refractivity contribution in [3.05, 3.63) is 56.5 Å². The molecule has 0 spiro atoms. The number of nitrogens with two attached hydrogens (primary N) is 2. The maximum Gasteiger partial charge on any atom is 0.223 e. The van der Waals surface area contributed by atoms with Crippen molar-refractivity contribution in [1.29, 1.82) is 0 Å². The quantitative estimate of drug-likeness (QED) is 0.460. The van der Waals surface area contributed by atoms with Gasteiger partial charge in [0.25, 0.3) is 0 Å². The highest BCUT2D eigenvalue weighted by Crippen LogP contribution is 2.27. The van der Waals surface area contributed by atoms with E-state index in [0.29, 0.717) is 31.5 Å². The highest BCUT2D eigenvalue weighted by atomic mass is 35.5. The van der Waals surface area contributed by atoms with E-state index in [4.69, 9.17) is 57.9 Å². The predicted molar refractivity (Wildman–Crippen MR) is 107 cm³/mol. The lowest BCUT2D eigenvalue weighted by Gasteiger charge is -2.06. The van der Waals surface area contributed by atoms with Crippen molar-refractivity contribution in [2.24, 2.45) is 21.5 Å². The zero-order valence-electron chi connectivity index (χ0n) is 11.9. The molecule has 0 aliphatic heterocycles. The summed E-state index contributed by atoms with van der Waals surface area (Å²) in [5.41, 5.74) is 12.6. The van der Waals surface area contributed by atoms with Gasteiger partial charge in [0.2, 0.25) is 11.9 Å². The van der Waals surface area contributed by atoms with E-state index >= 15 is 0 Å². The number of halogens is 5. The van der Waals surface area contributed by atoms with Crippen LogP contribution in [-0.4, -0.2) is 11.9 Å². The zero-order chi connectivity index (χ0) is 17.0. The predicted octanol–water partition coefficient (Wildman–Crippen LogP) is 5.10. The van der Waals surface area contributed by atoms with Crippen LogP contribution in [0.15, 0.2) is 46.4 Å². The van der Waals surface area contributed by atoms with Crippen LogP contribution in [-0.2, 0) is 0 Å². The Morgan fingerprint density at radius 1 is 0.833 bits per heavy atom. The average molecular weight is 428 g/mol. The van der Waals surface area contributed by atoms with Crippen LogP contribution >= 0.6 is 58.8 Å². The first-order valence-corrected chi connectivity index (χ1v) is 7.72. The summed E-state index contributed by atoms with van der Waals surface area (Å²) >= 11 is 23.5. The summed E-state index contributed by atoms with van der Waals surface area (Å²) in [6.45, 7) is 0. The smallest absolute Gasteiger partial charge is 0.223 e. The molecule has 0 radical (unpaired) electrons. The Kier molecular flexibility index (Phi) is 7.93. The van der Waals surface area contributed by atoms with E-state index in [2.05, 4.69) is 15.3 Å². The molecule has 0 aromatic heterocycles. The summed E-state index contributed by atoms with van der Waals surface area (Å²) in [6.07, 6.45) is 0. The Balaban J connectivity index is 0.00000288. The third kappa shape index (κ3) is 5.92. The molecule has 0 atom stereocenters. The molecule has 0 aliphatic rings. The van der Waals surface area contributed by atoms with E-state index < -0.39 is 0 Å². The van der Waals surface area contributed by atoms with E-state index in [9.17, 15) is 0 Å². The Morgan fingerprint density at radius 3 is 2.00 bits per heavy atom. The summed E-state index contributed by atoms with van der Waals surface area (Å²) < 4.78 is 0. The number of aliphatic imine (C=N–C) groups is 2. The van der Waals surface area contributed by atoms with Gasteiger partial charge in [-0.15, -0.1) is 12.4 Å². The van der Waals surface area contributed by atoms with Crippen LogP contribution in [0.25, 0.3) is 0 Å². The number of hydrogen-bond acceptors (Lipinski definition) is 1. The minimum atomic E-state index is -0.0477. The first-order valence-electron chi connectivity index (χ1n) is 6.20. The van der Waals surface area contributed by atoms with E-state index in [1.807, 2.05) is 0 Å². The van der Waals surface area contributed by atoms with Gasteiger partial charge in [0, 0.05) is 5.69 Å². The van der Waals surface area contributed by atoms with Gasteiger partial charge in [-0.3, -0.25) is 0 Å². The van der Waals surface area contributed by atoms with Gasteiger partial charge in [0.1, 0.15) is 0 Å². The Morgan fingerprint density at radius 2 is 1.42 bits per heavy atom. The number of guanidine groups is 2. The van der Waals surface area contributed by atoms with Gasteiger partial charge in [-0.2, -0.15) is 4.99 Å². The fourth-order valence-electron chi connectivity index (χ4n) is 1.58. The fourth-order valence-corrected chi connectivity index (χ4v) is 2.18. The summed E-state index contributed by atoms with van der Waals surface area (Å²) in [5, 5.41) is 4.44. The number of nitrogens with one attached hydrogen (secondary N) is 1. The molecule has 2 aromatic carbocycles. The number of nitrogens with zero attached hydrogens (tertiary/aromatic N) is 2. The van der Waals surface area contributed by atoms with Crippen molar-refractivity contribution in [1.82, 2.24) is 0 Å². The standard InChI is InChI=1S/C14H11Cl4N5.ClH/c15-9-3-1-7(5-11(9)17)21-13(19)23-14(20)22-8-2-4-10(16)12(18)6-8;/h1-6H,(H5,19,20,21,22,23);1H. The second-order valence-corrected chi connectivity index (χ2v) is 5.95. The van der Waals surface area contributed by atoms with Crippen LogP contribution in [0.3, 0.4) is 0 Å². The molecule has 0 saturated heterocycles. The minimum Gasteiger partial charge on any atom is -0.369 e. The molecule has 2 rings (SSSR count). The minimum absolute atomic E-state index is 0. The number of rotatable bonds is 2. The van der Waals surface area contributed by atoms with Gasteiger partial charge in [-0.05, 0) is 36.4 Å². The SMILES string of the molecule is Cl.NC(=Nc1ccc(Cl)c(Cl)c1)N=C(N)Nc1ccc(Cl)c(Cl)c1. The van der Waals surface area contributed by atoms with Crippen molar-refractivity contribution in [3.8, 4) is 0 Å². The van der Waals surface area contributed by atoms with E-state index in [1.54, 1.807) is 36.4 Å². The van der Waals surface area contributed by atoms with Gasteiger partial charge >= 0.3 is 0 Å². The van der Waals surface area contributed by atoms with Gasteiger partial charge in [0.05, 0.1) is 25.8 Å². The summed E-state index contributed by atoms with van der Waals surface area (Å²) in [5.74, 6) is -0.00171. The Bertz CT molecular complexity index is 791. The van der Waals surface area contributed by atoms with Crippen molar-refractivity contribution in [3.63, 3.8) is 0 Å².